The Labute approximate surface area is 132 Å². The van der Waals surface area contributed by atoms with Crippen molar-refractivity contribution in [3.05, 3.63) is 34.9 Å². The van der Waals surface area contributed by atoms with E-state index in [-0.39, 0.29) is 11.9 Å². The summed E-state index contributed by atoms with van der Waals surface area (Å²) in [5, 5.41) is 0.584. The van der Waals surface area contributed by atoms with Crippen LogP contribution in [0.25, 0.3) is 0 Å². The summed E-state index contributed by atoms with van der Waals surface area (Å²) in [4.78, 5) is 12.4. The lowest BCUT2D eigenvalue weighted by atomic mass is 9.71. The summed E-state index contributed by atoms with van der Waals surface area (Å²) in [7, 11) is 0. The monoisotopic (exact) mass is 308 g/mol. The molecule has 1 saturated carbocycles. The summed E-state index contributed by atoms with van der Waals surface area (Å²) in [6.07, 6.45) is 3.03. The van der Waals surface area contributed by atoms with Crippen LogP contribution >= 0.6 is 11.6 Å². The molecule has 2 rings (SSSR count). The zero-order chi connectivity index (χ0) is 15.6. The molecule has 3 unspecified atom stereocenters. The van der Waals surface area contributed by atoms with Crippen molar-refractivity contribution < 1.29 is 9.53 Å². The number of hydrogen-bond donors (Lipinski definition) is 0. The zero-order valence-electron chi connectivity index (χ0n) is 13.4. The predicted octanol–water partition coefficient (Wildman–Crippen LogP) is 5.14. The van der Waals surface area contributed by atoms with Crippen LogP contribution in [0.1, 0.15) is 57.3 Å². The maximum absolute atomic E-state index is 12.4. The number of ketones is 1. The van der Waals surface area contributed by atoms with Crippen LogP contribution < -0.4 is 0 Å². The second-order valence-electron chi connectivity index (χ2n) is 7.19. The average molecular weight is 309 g/mol. The lowest BCUT2D eigenvalue weighted by Gasteiger charge is -2.39. The largest absolute Gasteiger partial charge is 0.367 e. The van der Waals surface area contributed by atoms with E-state index in [4.69, 9.17) is 16.3 Å². The first-order valence-electron chi connectivity index (χ1n) is 7.72. The molecule has 0 amide bonds. The van der Waals surface area contributed by atoms with Crippen LogP contribution in [-0.4, -0.2) is 18.0 Å². The van der Waals surface area contributed by atoms with Crippen molar-refractivity contribution in [2.45, 2.75) is 59.2 Å². The van der Waals surface area contributed by atoms with E-state index in [0.717, 1.165) is 12.8 Å². The van der Waals surface area contributed by atoms with E-state index >= 15 is 0 Å². The number of ether oxygens (including phenoxy) is 1. The minimum Gasteiger partial charge on any atom is -0.367 e. The smallest absolute Gasteiger partial charge is 0.191 e. The summed E-state index contributed by atoms with van der Waals surface area (Å²) >= 11 is 5.95. The van der Waals surface area contributed by atoms with Gasteiger partial charge in [0, 0.05) is 10.6 Å². The van der Waals surface area contributed by atoms with Crippen molar-refractivity contribution in [3.63, 3.8) is 0 Å². The molecule has 0 spiro atoms. The van der Waals surface area contributed by atoms with Gasteiger partial charge < -0.3 is 4.74 Å². The Kier molecular flexibility index (Phi) is 5.11. The molecule has 21 heavy (non-hydrogen) atoms. The standard InChI is InChI=1S/C18H25ClO2/c1-12-8-16(11-18(3,4)10-12)21-13(2)17(20)14-6-5-7-15(19)9-14/h5-7,9,12-13,16H,8,10-11H2,1-4H3. The first-order chi connectivity index (χ1) is 9.77. The Morgan fingerprint density at radius 1 is 1.38 bits per heavy atom. The van der Waals surface area contributed by atoms with Crippen LogP contribution in [0.5, 0.6) is 0 Å². The Hall–Kier alpha value is -0.860. The van der Waals surface area contributed by atoms with Crippen molar-refractivity contribution in [2.24, 2.45) is 11.3 Å². The maximum atomic E-state index is 12.4. The number of hydrogen-bond acceptors (Lipinski definition) is 2. The summed E-state index contributed by atoms with van der Waals surface area (Å²) in [6.45, 7) is 8.67. The highest BCUT2D eigenvalue weighted by Gasteiger charge is 2.34. The number of Topliss-reactive ketones (excluding diaryl/α,β-unsaturated/α-hetero) is 1. The molecule has 1 fully saturated rings. The van der Waals surface area contributed by atoms with Gasteiger partial charge >= 0.3 is 0 Å². The van der Waals surface area contributed by atoms with Gasteiger partial charge in [-0.05, 0) is 49.7 Å². The third-order valence-electron chi connectivity index (χ3n) is 4.22. The Morgan fingerprint density at radius 3 is 2.71 bits per heavy atom. The van der Waals surface area contributed by atoms with Crippen LogP contribution in [0.4, 0.5) is 0 Å². The van der Waals surface area contributed by atoms with Gasteiger partial charge in [0.25, 0.3) is 0 Å². The molecule has 3 atom stereocenters. The fraction of sp³-hybridized carbons (Fsp3) is 0.611. The number of rotatable bonds is 4. The molecule has 1 aliphatic carbocycles. The molecule has 0 saturated heterocycles. The van der Waals surface area contributed by atoms with Crippen LogP contribution in [0.15, 0.2) is 24.3 Å². The molecule has 1 aromatic carbocycles. The van der Waals surface area contributed by atoms with E-state index in [9.17, 15) is 4.79 Å². The van der Waals surface area contributed by atoms with E-state index in [0.29, 0.717) is 21.9 Å². The van der Waals surface area contributed by atoms with Gasteiger partial charge in [0.15, 0.2) is 5.78 Å². The highest BCUT2D eigenvalue weighted by Crippen LogP contribution is 2.40. The van der Waals surface area contributed by atoms with Crippen LogP contribution in [0.3, 0.4) is 0 Å². The van der Waals surface area contributed by atoms with E-state index < -0.39 is 6.10 Å². The van der Waals surface area contributed by atoms with Crippen molar-refractivity contribution >= 4 is 17.4 Å². The number of halogens is 1. The Bertz CT molecular complexity index is 510. The molecule has 0 bridgehead atoms. The minimum absolute atomic E-state index is 0.00790. The fourth-order valence-electron chi connectivity index (χ4n) is 3.59. The van der Waals surface area contributed by atoms with Gasteiger partial charge in [-0.25, -0.2) is 0 Å². The highest BCUT2D eigenvalue weighted by molar-refractivity contribution is 6.31. The molecule has 2 nitrogen and oxygen atoms in total. The molecule has 3 heteroatoms. The van der Waals surface area contributed by atoms with Crippen molar-refractivity contribution in [1.82, 2.24) is 0 Å². The van der Waals surface area contributed by atoms with Gasteiger partial charge in [0.1, 0.15) is 6.10 Å². The number of benzene rings is 1. The van der Waals surface area contributed by atoms with Gasteiger partial charge in [-0.2, -0.15) is 0 Å². The van der Waals surface area contributed by atoms with Gasteiger partial charge in [-0.15, -0.1) is 0 Å². The molecular formula is C18H25ClO2. The van der Waals surface area contributed by atoms with E-state index in [1.807, 2.05) is 6.92 Å². The lowest BCUT2D eigenvalue weighted by Crippen LogP contribution is -2.36. The molecule has 0 N–H and O–H groups in total. The normalized spacial score (nSPS) is 26.3. The average Bonchev–Trinajstić information content (AvgIpc) is 2.35. The molecule has 0 aromatic heterocycles. The lowest BCUT2D eigenvalue weighted by molar-refractivity contribution is -0.0478. The molecule has 1 aromatic rings. The topological polar surface area (TPSA) is 26.3 Å². The summed E-state index contributed by atoms with van der Waals surface area (Å²) in [5.74, 6) is 0.653. The summed E-state index contributed by atoms with van der Waals surface area (Å²) in [6, 6.07) is 7.07. The predicted molar refractivity (Wildman–Crippen MR) is 86.9 cm³/mol. The molecular weight excluding hydrogens is 284 g/mol. The first-order valence-corrected chi connectivity index (χ1v) is 8.10. The zero-order valence-corrected chi connectivity index (χ0v) is 14.1. The van der Waals surface area contributed by atoms with Gasteiger partial charge in [-0.3, -0.25) is 4.79 Å². The van der Waals surface area contributed by atoms with Crippen LogP contribution in [0.2, 0.25) is 5.02 Å². The van der Waals surface area contributed by atoms with Crippen LogP contribution in [0, 0.1) is 11.3 Å². The Balaban J connectivity index is 2.00. The maximum Gasteiger partial charge on any atom is 0.191 e. The fourth-order valence-corrected chi connectivity index (χ4v) is 3.78. The van der Waals surface area contributed by atoms with E-state index in [2.05, 4.69) is 20.8 Å². The highest BCUT2D eigenvalue weighted by atomic mass is 35.5. The second-order valence-corrected chi connectivity index (χ2v) is 7.62. The Morgan fingerprint density at radius 2 is 2.10 bits per heavy atom. The number of carbonyl (C=O) groups excluding carboxylic acids is 1. The van der Waals surface area contributed by atoms with Crippen molar-refractivity contribution in [2.75, 3.05) is 0 Å². The van der Waals surface area contributed by atoms with Gasteiger partial charge in [0.05, 0.1) is 6.10 Å². The van der Waals surface area contributed by atoms with Gasteiger partial charge in [0.2, 0.25) is 0 Å². The SMILES string of the molecule is CC1CC(OC(C)C(=O)c2cccc(Cl)c2)CC(C)(C)C1. The van der Waals surface area contributed by atoms with Crippen molar-refractivity contribution in [1.29, 1.82) is 0 Å². The number of carbonyl (C=O) groups is 1. The van der Waals surface area contributed by atoms with Gasteiger partial charge in [-0.1, -0.05) is 44.5 Å². The van der Waals surface area contributed by atoms with Crippen molar-refractivity contribution in [3.8, 4) is 0 Å². The van der Waals surface area contributed by atoms with E-state index in [1.54, 1.807) is 24.3 Å². The summed E-state index contributed by atoms with van der Waals surface area (Å²) in [5.41, 5.74) is 0.916. The third-order valence-corrected chi connectivity index (χ3v) is 4.46. The molecule has 0 radical (unpaired) electrons. The molecule has 116 valence electrons. The minimum atomic E-state index is -0.422. The molecule has 1 aliphatic rings. The van der Waals surface area contributed by atoms with Crippen LogP contribution in [-0.2, 0) is 4.74 Å². The first kappa shape index (κ1) is 16.5. The third kappa shape index (κ3) is 4.55. The molecule has 0 aliphatic heterocycles. The molecule has 0 heterocycles. The second kappa shape index (κ2) is 6.50. The summed E-state index contributed by atoms with van der Waals surface area (Å²) < 4.78 is 6.06. The van der Waals surface area contributed by atoms with E-state index in [1.165, 1.54) is 6.42 Å². The quantitative estimate of drug-likeness (QED) is 0.720.